The number of hydrogen-bond donors (Lipinski definition) is 0. The molecule has 1 heterocycles. The summed E-state index contributed by atoms with van der Waals surface area (Å²) in [5, 5.41) is 0.782. The average molecular weight is 281 g/mol. The first-order chi connectivity index (χ1) is 9.19. The Morgan fingerprint density at radius 1 is 1.32 bits per heavy atom. The van der Waals surface area contributed by atoms with Crippen LogP contribution in [0.3, 0.4) is 0 Å². The molecule has 19 heavy (non-hydrogen) atoms. The summed E-state index contributed by atoms with van der Waals surface area (Å²) in [6.45, 7) is 2.99. The van der Waals surface area contributed by atoms with Gasteiger partial charge in [0.2, 0.25) is 0 Å². The van der Waals surface area contributed by atoms with Crippen LogP contribution in [-0.2, 0) is 0 Å². The van der Waals surface area contributed by atoms with Crippen LogP contribution in [0.2, 0.25) is 0 Å². The summed E-state index contributed by atoms with van der Waals surface area (Å²) in [7, 11) is 0. The second-order valence-corrected chi connectivity index (χ2v) is 6.09. The van der Waals surface area contributed by atoms with Gasteiger partial charge in [0.15, 0.2) is 5.78 Å². The maximum absolute atomic E-state index is 12.8. The van der Waals surface area contributed by atoms with E-state index in [2.05, 4.69) is 11.2 Å². The Balaban J connectivity index is 1.76. The summed E-state index contributed by atoms with van der Waals surface area (Å²) in [5.74, 6) is -0.192. The highest BCUT2D eigenvalue weighted by Gasteiger charge is 2.18. The molecule has 0 amide bonds. The second-order valence-electron chi connectivity index (χ2n) is 4.96. The van der Waals surface area contributed by atoms with E-state index in [1.165, 1.54) is 25.0 Å². The fourth-order valence-electron chi connectivity index (χ4n) is 2.41. The van der Waals surface area contributed by atoms with Gasteiger partial charge in [0, 0.05) is 23.8 Å². The molecule has 1 aromatic carbocycles. The standard InChI is InChI=1S/C15H20FNOS/c1-19-14-6-9-17(10-7-14)11-8-15(18)12-2-4-13(16)5-3-12/h2-5,14H,6-11H2,1H3. The monoisotopic (exact) mass is 281 g/mol. The van der Waals surface area contributed by atoms with Crippen LogP contribution >= 0.6 is 11.8 Å². The molecule has 0 bridgehead atoms. The van der Waals surface area contributed by atoms with E-state index in [9.17, 15) is 9.18 Å². The smallest absolute Gasteiger partial charge is 0.164 e. The van der Waals surface area contributed by atoms with Crippen molar-refractivity contribution in [3.8, 4) is 0 Å². The minimum atomic E-state index is -0.296. The first kappa shape index (κ1) is 14.5. The molecule has 1 aliphatic rings. The predicted molar refractivity (Wildman–Crippen MR) is 78.3 cm³/mol. The van der Waals surface area contributed by atoms with Crippen molar-refractivity contribution >= 4 is 17.5 Å². The maximum Gasteiger partial charge on any atom is 0.164 e. The summed E-state index contributed by atoms with van der Waals surface area (Å²) in [6.07, 6.45) is 5.12. The lowest BCUT2D eigenvalue weighted by Gasteiger charge is -2.30. The highest BCUT2D eigenvalue weighted by Crippen LogP contribution is 2.21. The fraction of sp³-hybridized carbons (Fsp3) is 0.533. The van der Waals surface area contributed by atoms with Crippen molar-refractivity contribution < 1.29 is 9.18 Å². The van der Waals surface area contributed by atoms with Gasteiger partial charge in [-0.05, 0) is 56.5 Å². The maximum atomic E-state index is 12.8. The number of Topliss-reactive ketones (excluding diaryl/α,β-unsaturated/α-hetero) is 1. The fourth-order valence-corrected chi connectivity index (χ4v) is 3.09. The number of hydrogen-bond acceptors (Lipinski definition) is 3. The first-order valence-electron chi connectivity index (χ1n) is 6.73. The lowest BCUT2D eigenvalue weighted by atomic mass is 10.1. The molecule has 1 aliphatic heterocycles. The molecule has 2 nitrogen and oxygen atoms in total. The molecule has 1 aromatic rings. The van der Waals surface area contributed by atoms with Gasteiger partial charge in [-0.3, -0.25) is 4.79 Å². The number of carbonyl (C=O) groups is 1. The minimum absolute atomic E-state index is 0.104. The van der Waals surface area contributed by atoms with E-state index < -0.39 is 0 Å². The number of likely N-dealkylation sites (tertiary alicyclic amines) is 1. The van der Waals surface area contributed by atoms with Gasteiger partial charge >= 0.3 is 0 Å². The number of ketones is 1. The Morgan fingerprint density at radius 2 is 1.95 bits per heavy atom. The molecule has 0 aromatic heterocycles. The summed E-state index contributed by atoms with van der Waals surface area (Å²) >= 11 is 1.94. The van der Waals surface area contributed by atoms with Crippen molar-refractivity contribution in [2.75, 3.05) is 25.9 Å². The Morgan fingerprint density at radius 3 is 2.53 bits per heavy atom. The number of carbonyl (C=O) groups excluding carboxylic acids is 1. The van der Waals surface area contributed by atoms with Gasteiger partial charge in [-0.15, -0.1) is 0 Å². The van der Waals surface area contributed by atoms with Crippen LogP contribution in [0.25, 0.3) is 0 Å². The molecule has 0 spiro atoms. The largest absolute Gasteiger partial charge is 0.303 e. The highest BCUT2D eigenvalue weighted by molar-refractivity contribution is 7.99. The quantitative estimate of drug-likeness (QED) is 0.773. The zero-order chi connectivity index (χ0) is 13.7. The molecular formula is C15H20FNOS. The van der Waals surface area contributed by atoms with Crippen molar-refractivity contribution in [3.05, 3.63) is 35.6 Å². The number of piperidine rings is 1. The lowest BCUT2D eigenvalue weighted by molar-refractivity contribution is 0.0959. The zero-order valence-electron chi connectivity index (χ0n) is 11.3. The first-order valence-corrected chi connectivity index (χ1v) is 8.02. The van der Waals surface area contributed by atoms with E-state index in [4.69, 9.17) is 0 Å². The van der Waals surface area contributed by atoms with Gasteiger partial charge < -0.3 is 4.90 Å². The Kier molecular flexibility index (Phi) is 5.40. The lowest BCUT2D eigenvalue weighted by Crippen LogP contribution is -2.36. The number of thioether (sulfide) groups is 1. The second kappa shape index (κ2) is 7.06. The zero-order valence-corrected chi connectivity index (χ0v) is 12.1. The molecule has 2 rings (SSSR count). The number of benzene rings is 1. The summed E-state index contributed by atoms with van der Waals surface area (Å²) < 4.78 is 12.8. The van der Waals surface area contributed by atoms with E-state index in [1.54, 1.807) is 12.1 Å². The highest BCUT2D eigenvalue weighted by atomic mass is 32.2. The third-order valence-corrected chi connectivity index (χ3v) is 4.83. The molecule has 0 atom stereocenters. The van der Waals surface area contributed by atoms with Crippen molar-refractivity contribution in [2.45, 2.75) is 24.5 Å². The summed E-state index contributed by atoms with van der Waals surface area (Å²) in [6, 6.07) is 5.82. The van der Waals surface area contributed by atoms with Gasteiger partial charge in [-0.2, -0.15) is 11.8 Å². The summed E-state index contributed by atoms with van der Waals surface area (Å²) in [5.41, 5.74) is 0.611. The van der Waals surface area contributed by atoms with Crippen LogP contribution < -0.4 is 0 Å². The normalized spacial score (nSPS) is 17.6. The molecular weight excluding hydrogens is 261 g/mol. The van der Waals surface area contributed by atoms with Crippen LogP contribution in [0, 0.1) is 5.82 Å². The molecule has 4 heteroatoms. The Hall–Kier alpha value is -0.870. The Labute approximate surface area is 118 Å². The molecule has 0 radical (unpaired) electrons. The number of rotatable bonds is 5. The number of nitrogens with zero attached hydrogens (tertiary/aromatic N) is 1. The topological polar surface area (TPSA) is 20.3 Å². The van der Waals surface area contributed by atoms with E-state index >= 15 is 0 Å². The van der Waals surface area contributed by atoms with Crippen molar-refractivity contribution in [3.63, 3.8) is 0 Å². The van der Waals surface area contributed by atoms with E-state index in [1.807, 2.05) is 11.8 Å². The molecule has 1 saturated heterocycles. The van der Waals surface area contributed by atoms with Crippen LogP contribution in [0.5, 0.6) is 0 Å². The van der Waals surface area contributed by atoms with Crippen LogP contribution in [-0.4, -0.2) is 41.8 Å². The van der Waals surface area contributed by atoms with Crippen molar-refractivity contribution in [2.24, 2.45) is 0 Å². The Bertz CT molecular complexity index is 413. The van der Waals surface area contributed by atoms with E-state index in [0.717, 1.165) is 24.9 Å². The van der Waals surface area contributed by atoms with Gasteiger partial charge in [0.05, 0.1) is 0 Å². The molecule has 0 unspecified atom stereocenters. The average Bonchev–Trinajstić information content (AvgIpc) is 2.46. The third kappa shape index (κ3) is 4.32. The van der Waals surface area contributed by atoms with Crippen molar-refractivity contribution in [1.82, 2.24) is 4.90 Å². The van der Waals surface area contributed by atoms with Crippen LogP contribution in [0.4, 0.5) is 4.39 Å². The number of halogens is 1. The van der Waals surface area contributed by atoms with Crippen LogP contribution in [0.1, 0.15) is 29.6 Å². The van der Waals surface area contributed by atoms with Gasteiger partial charge in [0.1, 0.15) is 5.82 Å². The van der Waals surface area contributed by atoms with Crippen LogP contribution in [0.15, 0.2) is 24.3 Å². The SMILES string of the molecule is CSC1CCN(CCC(=O)c2ccc(F)cc2)CC1. The molecule has 0 saturated carbocycles. The van der Waals surface area contributed by atoms with Gasteiger partial charge in [0.25, 0.3) is 0 Å². The van der Waals surface area contributed by atoms with E-state index in [-0.39, 0.29) is 11.6 Å². The van der Waals surface area contributed by atoms with E-state index in [0.29, 0.717) is 12.0 Å². The molecule has 0 aliphatic carbocycles. The molecule has 1 fully saturated rings. The molecule has 0 N–H and O–H groups in total. The van der Waals surface area contributed by atoms with Gasteiger partial charge in [-0.1, -0.05) is 0 Å². The van der Waals surface area contributed by atoms with Gasteiger partial charge in [-0.25, -0.2) is 4.39 Å². The third-order valence-electron chi connectivity index (χ3n) is 3.69. The summed E-state index contributed by atoms with van der Waals surface area (Å²) in [4.78, 5) is 14.3. The molecule has 104 valence electrons. The van der Waals surface area contributed by atoms with Crippen molar-refractivity contribution in [1.29, 1.82) is 0 Å². The minimum Gasteiger partial charge on any atom is -0.303 e. The predicted octanol–water partition coefficient (Wildman–Crippen LogP) is 3.23.